The van der Waals surface area contributed by atoms with Crippen LogP contribution in [0.2, 0.25) is 0 Å². The minimum atomic E-state index is 0.203. The summed E-state index contributed by atoms with van der Waals surface area (Å²) in [5.74, 6) is 0. The molecule has 1 aliphatic rings. The lowest BCUT2D eigenvalue weighted by Gasteiger charge is -2.33. The lowest BCUT2D eigenvalue weighted by molar-refractivity contribution is 0.282. The van der Waals surface area contributed by atoms with Gasteiger partial charge in [0.2, 0.25) is 0 Å². The Kier molecular flexibility index (Phi) is 1.35. The van der Waals surface area contributed by atoms with Crippen molar-refractivity contribution in [1.82, 2.24) is 4.90 Å². The van der Waals surface area contributed by atoms with E-state index in [2.05, 4.69) is 44.1 Å². The van der Waals surface area contributed by atoms with Crippen LogP contribution in [0.5, 0.6) is 0 Å². The van der Waals surface area contributed by atoms with Gasteiger partial charge in [-0.2, -0.15) is 0 Å². The van der Waals surface area contributed by atoms with Gasteiger partial charge in [0.25, 0.3) is 0 Å². The van der Waals surface area contributed by atoms with Gasteiger partial charge >= 0.3 is 0 Å². The highest BCUT2D eigenvalue weighted by atomic mass is 15.1. The second-order valence-corrected chi connectivity index (χ2v) is 2.97. The molecule has 50 valence electrons. The molecule has 0 aliphatic carbocycles. The van der Waals surface area contributed by atoms with Crippen molar-refractivity contribution in [3.63, 3.8) is 0 Å². The molecule has 0 atom stereocenters. The SMILES string of the molecule is CN1C=CC=CC1(C)C. The van der Waals surface area contributed by atoms with Gasteiger partial charge < -0.3 is 4.90 Å². The Balaban J connectivity index is 2.78. The molecule has 0 N–H and O–H groups in total. The maximum absolute atomic E-state index is 2.19. The fraction of sp³-hybridized carbons (Fsp3) is 0.500. The van der Waals surface area contributed by atoms with Gasteiger partial charge in [-0.3, -0.25) is 0 Å². The Morgan fingerprint density at radius 1 is 1.22 bits per heavy atom. The van der Waals surface area contributed by atoms with Gasteiger partial charge in [-0.15, -0.1) is 0 Å². The maximum atomic E-state index is 2.19. The highest BCUT2D eigenvalue weighted by Crippen LogP contribution is 2.17. The summed E-state index contributed by atoms with van der Waals surface area (Å²) in [6.45, 7) is 4.38. The van der Waals surface area contributed by atoms with Crippen LogP contribution in [0.3, 0.4) is 0 Å². The van der Waals surface area contributed by atoms with Crippen LogP contribution in [0.15, 0.2) is 24.4 Å². The van der Waals surface area contributed by atoms with Crippen LogP contribution in [0.25, 0.3) is 0 Å². The van der Waals surface area contributed by atoms with Crippen molar-refractivity contribution in [2.45, 2.75) is 19.4 Å². The summed E-state index contributed by atoms with van der Waals surface area (Å²) in [7, 11) is 2.08. The average Bonchev–Trinajstić information content (AvgIpc) is 1.77. The van der Waals surface area contributed by atoms with Crippen molar-refractivity contribution in [1.29, 1.82) is 0 Å². The van der Waals surface area contributed by atoms with Gasteiger partial charge in [-0.25, -0.2) is 0 Å². The van der Waals surface area contributed by atoms with E-state index >= 15 is 0 Å². The summed E-state index contributed by atoms with van der Waals surface area (Å²) >= 11 is 0. The van der Waals surface area contributed by atoms with Crippen LogP contribution in [-0.2, 0) is 0 Å². The predicted molar refractivity (Wildman–Crippen MR) is 40.1 cm³/mol. The molecule has 0 aromatic carbocycles. The fourth-order valence-electron chi connectivity index (χ4n) is 0.780. The van der Waals surface area contributed by atoms with Gasteiger partial charge in [-0.05, 0) is 26.1 Å². The minimum absolute atomic E-state index is 0.203. The Morgan fingerprint density at radius 2 is 1.89 bits per heavy atom. The highest BCUT2D eigenvalue weighted by molar-refractivity contribution is 5.16. The molecule has 0 unspecified atom stereocenters. The Hall–Kier alpha value is -0.720. The summed E-state index contributed by atoms with van der Waals surface area (Å²) in [5, 5.41) is 0. The smallest absolute Gasteiger partial charge is 0.0522 e. The zero-order valence-corrected chi connectivity index (χ0v) is 6.26. The van der Waals surface area contributed by atoms with Crippen LogP contribution >= 0.6 is 0 Å². The lowest BCUT2D eigenvalue weighted by Crippen LogP contribution is -2.36. The van der Waals surface area contributed by atoms with Crippen molar-refractivity contribution >= 4 is 0 Å². The van der Waals surface area contributed by atoms with E-state index in [4.69, 9.17) is 0 Å². The standard InChI is InChI=1S/C8H13N/c1-8(2)6-4-5-7-9(8)3/h4-7H,1-3H3. The first-order chi connectivity index (χ1) is 4.13. The summed E-state index contributed by atoms with van der Waals surface area (Å²) < 4.78 is 0. The number of rotatable bonds is 0. The van der Waals surface area contributed by atoms with Crippen LogP contribution < -0.4 is 0 Å². The molecule has 1 nitrogen and oxygen atoms in total. The number of allylic oxidation sites excluding steroid dienone is 2. The molecule has 0 amide bonds. The molecule has 1 rings (SSSR count). The fourth-order valence-corrected chi connectivity index (χ4v) is 0.780. The van der Waals surface area contributed by atoms with Crippen molar-refractivity contribution in [2.75, 3.05) is 7.05 Å². The quantitative estimate of drug-likeness (QED) is 0.474. The second kappa shape index (κ2) is 1.90. The molecular weight excluding hydrogens is 110 g/mol. The van der Waals surface area contributed by atoms with Crippen molar-refractivity contribution in [2.24, 2.45) is 0 Å². The first-order valence-corrected chi connectivity index (χ1v) is 3.22. The minimum Gasteiger partial charge on any atom is -0.372 e. The van der Waals surface area contributed by atoms with Crippen LogP contribution in [0.4, 0.5) is 0 Å². The molecule has 0 fully saturated rings. The van der Waals surface area contributed by atoms with E-state index < -0.39 is 0 Å². The van der Waals surface area contributed by atoms with Crippen LogP contribution in [0, 0.1) is 0 Å². The van der Waals surface area contributed by atoms with Crippen LogP contribution in [-0.4, -0.2) is 17.5 Å². The molecule has 0 spiro atoms. The molecule has 9 heavy (non-hydrogen) atoms. The maximum Gasteiger partial charge on any atom is 0.0522 e. The largest absolute Gasteiger partial charge is 0.372 e. The molecule has 0 saturated carbocycles. The van der Waals surface area contributed by atoms with E-state index in [0.717, 1.165) is 0 Å². The van der Waals surface area contributed by atoms with Crippen molar-refractivity contribution in [3.05, 3.63) is 24.4 Å². The molecular formula is C8H13N. The van der Waals surface area contributed by atoms with Crippen molar-refractivity contribution in [3.8, 4) is 0 Å². The number of likely N-dealkylation sites (N-methyl/N-ethyl adjacent to an activating group) is 1. The molecule has 0 bridgehead atoms. The molecule has 0 saturated heterocycles. The predicted octanol–water partition coefficient (Wildman–Crippen LogP) is 1.78. The lowest BCUT2D eigenvalue weighted by atomic mass is 10.0. The summed E-state index contributed by atoms with van der Waals surface area (Å²) in [6, 6.07) is 0. The van der Waals surface area contributed by atoms with Crippen molar-refractivity contribution < 1.29 is 0 Å². The number of nitrogens with zero attached hydrogens (tertiary/aromatic N) is 1. The summed E-state index contributed by atoms with van der Waals surface area (Å²) in [6.07, 6.45) is 8.40. The first kappa shape index (κ1) is 6.40. The summed E-state index contributed by atoms with van der Waals surface area (Å²) in [5.41, 5.74) is 0.203. The summed E-state index contributed by atoms with van der Waals surface area (Å²) in [4.78, 5) is 2.19. The van der Waals surface area contributed by atoms with Crippen LogP contribution in [0.1, 0.15) is 13.8 Å². The van der Waals surface area contributed by atoms with E-state index in [1.165, 1.54) is 0 Å². The zero-order valence-electron chi connectivity index (χ0n) is 6.26. The Bertz CT molecular complexity index is 154. The normalized spacial score (nSPS) is 22.8. The van der Waals surface area contributed by atoms with E-state index in [1.807, 2.05) is 6.08 Å². The Morgan fingerprint density at radius 3 is 2.22 bits per heavy atom. The average molecular weight is 123 g/mol. The molecule has 1 heteroatoms. The third-order valence-electron chi connectivity index (χ3n) is 1.83. The van der Waals surface area contributed by atoms with E-state index in [0.29, 0.717) is 0 Å². The molecule has 0 radical (unpaired) electrons. The third kappa shape index (κ3) is 1.15. The monoisotopic (exact) mass is 123 g/mol. The van der Waals surface area contributed by atoms with E-state index in [-0.39, 0.29) is 5.54 Å². The molecule has 0 aromatic rings. The topological polar surface area (TPSA) is 3.24 Å². The van der Waals surface area contributed by atoms with E-state index in [9.17, 15) is 0 Å². The molecule has 1 heterocycles. The number of hydrogen-bond acceptors (Lipinski definition) is 1. The van der Waals surface area contributed by atoms with Gasteiger partial charge in [0.15, 0.2) is 0 Å². The zero-order chi connectivity index (χ0) is 6.91. The second-order valence-electron chi connectivity index (χ2n) is 2.97. The Labute approximate surface area is 56.7 Å². The van der Waals surface area contributed by atoms with Gasteiger partial charge in [0.05, 0.1) is 5.54 Å². The van der Waals surface area contributed by atoms with Gasteiger partial charge in [-0.1, -0.05) is 12.2 Å². The molecule has 0 aromatic heterocycles. The van der Waals surface area contributed by atoms with Gasteiger partial charge in [0.1, 0.15) is 0 Å². The van der Waals surface area contributed by atoms with Gasteiger partial charge in [0, 0.05) is 7.05 Å². The third-order valence-corrected chi connectivity index (χ3v) is 1.83. The first-order valence-electron chi connectivity index (χ1n) is 3.22. The molecule has 1 aliphatic heterocycles. The number of hydrogen-bond donors (Lipinski definition) is 0. The highest BCUT2D eigenvalue weighted by Gasteiger charge is 2.17. The van der Waals surface area contributed by atoms with E-state index in [1.54, 1.807) is 0 Å².